The minimum Gasteiger partial charge on any atom is -0.304 e. The first-order valence-electron chi connectivity index (χ1n) is 6.80. The number of aromatic nitrogens is 3. The topological polar surface area (TPSA) is 30.7 Å². The Labute approximate surface area is 133 Å². The second kappa shape index (κ2) is 5.66. The Bertz CT molecular complexity index is 766. The highest BCUT2D eigenvalue weighted by Gasteiger charge is 2.21. The summed E-state index contributed by atoms with van der Waals surface area (Å²) < 4.78 is 2.08. The van der Waals surface area contributed by atoms with Crippen molar-refractivity contribution in [3.8, 4) is 0 Å². The zero-order valence-corrected chi connectivity index (χ0v) is 13.3. The van der Waals surface area contributed by atoms with Crippen LogP contribution in [0.2, 0.25) is 5.02 Å². The van der Waals surface area contributed by atoms with Crippen molar-refractivity contribution in [1.29, 1.82) is 0 Å². The van der Waals surface area contributed by atoms with Crippen LogP contribution in [-0.2, 0) is 0 Å². The molecule has 3 rings (SSSR count). The molecule has 2 unspecified atom stereocenters. The number of nitrogens with zero attached hydrogens (tertiary/aromatic N) is 3. The maximum atomic E-state index is 6.31. The fourth-order valence-electron chi connectivity index (χ4n) is 2.52. The number of hydrogen-bond donors (Lipinski definition) is 0. The molecule has 108 valence electrons. The molecule has 0 saturated heterocycles. The Hall–Kier alpha value is -1.58. The van der Waals surface area contributed by atoms with Crippen LogP contribution in [0.3, 0.4) is 0 Å². The molecule has 0 spiro atoms. The zero-order valence-electron chi connectivity index (χ0n) is 11.8. The van der Waals surface area contributed by atoms with Gasteiger partial charge >= 0.3 is 0 Å². The number of imidazole rings is 1. The normalized spacial score (nSPS) is 14.3. The largest absolute Gasteiger partial charge is 0.304 e. The Kier molecular flexibility index (Phi) is 3.87. The lowest BCUT2D eigenvalue weighted by Crippen LogP contribution is -2.11. The van der Waals surface area contributed by atoms with Crippen LogP contribution in [-0.4, -0.2) is 14.5 Å². The van der Waals surface area contributed by atoms with Crippen molar-refractivity contribution < 1.29 is 0 Å². The molecule has 3 nitrogen and oxygen atoms in total. The summed E-state index contributed by atoms with van der Waals surface area (Å²) in [5.74, 6) is 0.804. The first-order chi connectivity index (χ1) is 10.1. The van der Waals surface area contributed by atoms with E-state index in [-0.39, 0.29) is 11.4 Å². The van der Waals surface area contributed by atoms with Gasteiger partial charge in [0.25, 0.3) is 0 Å². The molecule has 0 aliphatic carbocycles. The van der Waals surface area contributed by atoms with Gasteiger partial charge in [0.1, 0.15) is 11.3 Å². The first kappa shape index (κ1) is 14.4. The highest BCUT2D eigenvalue weighted by Crippen LogP contribution is 2.30. The fourth-order valence-corrected chi connectivity index (χ4v) is 2.82. The molecule has 0 N–H and O–H groups in total. The van der Waals surface area contributed by atoms with Crippen molar-refractivity contribution >= 4 is 34.4 Å². The number of rotatable bonds is 3. The van der Waals surface area contributed by atoms with Crippen LogP contribution in [0.25, 0.3) is 11.2 Å². The van der Waals surface area contributed by atoms with Crippen LogP contribution in [0.1, 0.15) is 36.7 Å². The summed E-state index contributed by atoms with van der Waals surface area (Å²) in [6, 6.07) is 12.2. The molecule has 2 atom stereocenters. The molecule has 0 bridgehead atoms. The van der Waals surface area contributed by atoms with E-state index >= 15 is 0 Å². The number of hydrogen-bond acceptors (Lipinski definition) is 2. The van der Waals surface area contributed by atoms with Gasteiger partial charge in [-0.1, -0.05) is 41.9 Å². The summed E-state index contributed by atoms with van der Waals surface area (Å²) in [4.78, 5) is 9.04. The molecule has 0 aliphatic rings. The van der Waals surface area contributed by atoms with Gasteiger partial charge in [0.15, 0.2) is 5.65 Å². The molecule has 0 fully saturated rings. The molecular formula is C16H15Cl2N3. The number of halogens is 2. The molecule has 0 aliphatic heterocycles. The molecule has 0 radical (unpaired) electrons. The van der Waals surface area contributed by atoms with Gasteiger partial charge in [0, 0.05) is 6.20 Å². The van der Waals surface area contributed by atoms with Gasteiger partial charge in [0.05, 0.1) is 16.4 Å². The minimum absolute atomic E-state index is 0.0982. The Morgan fingerprint density at radius 3 is 2.52 bits per heavy atom. The maximum absolute atomic E-state index is 6.31. The maximum Gasteiger partial charge on any atom is 0.160 e. The van der Waals surface area contributed by atoms with E-state index in [0.29, 0.717) is 5.02 Å². The summed E-state index contributed by atoms with van der Waals surface area (Å²) in [6.07, 6.45) is 1.64. The van der Waals surface area contributed by atoms with Crippen LogP contribution in [0, 0.1) is 0 Å². The van der Waals surface area contributed by atoms with E-state index in [1.54, 1.807) is 6.20 Å². The number of fused-ring (bicyclic) bond motifs is 1. The standard InChI is InChI=1S/C16H15Cl2N3/c1-10(17)15-20-14-8-13(18)9-19-16(14)21(15)11(2)12-6-4-3-5-7-12/h3-11H,1-2H3. The van der Waals surface area contributed by atoms with E-state index in [4.69, 9.17) is 23.2 Å². The number of alkyl halides is 1. The average molecular weight is 320 g/mol. The van der Waals surface area contributed by atoms with Crippen LogP contribution < -0.4 is 0 Å². The lowest BCUT2D eigenvalue weighted by Gasteiger charge is -2.18. The van der Waals surface area contributed by atoms with Crippen LogP contribution in [0.5, 0.6) is 0 Å². The smallest absolute Gasteiger partial charge is 0.160 e. The van der Waals surface area contributed by atoms with Gasteiger partial charge < -0.3 is 4.57 Å². The summed E-state index contributed by atoms with van der Waals surface area (Å²) in [7, 11) is 0. The second-order valence-electron chi connectivity index (χ2n) is 5.04. The third kappa shape index (κ3) is 2.63. The quantitative estimate of drug-likeness (QED) is 0.636. The van der Waals surface area contributed by atoms with Crippen LogP contribution in [0.4, 0.5) is 0 Å². The molecule has 0 amide bonds. The Morgan fingerprint density at radius 1 is 1.14 bits per heavy atom. The molecule has 3 aromatic rings. The van der Waals surface area contributed by atoms with E-state index in [9.17, 15) is 0 Å². The molecule has 2 heterocycles. The van der Waals surface area contributed by atoms with Gasteiger partial charge in [-0.05, 0) is 25.5 Å². The van der Waals surface area contributed by atoms with Gasteiger partial charge in [0.2, 0.25) is 0 Å². The highest BCUT2D eigenvalue weighted by molar-refractivity contribution is 6.31. The Morgan fingerprint density at radius 2 is 1.86 bits per heavy atom. The number of pyridine rings is 1. The minimum atomic E-state index is -0.205. The van der Waals surface area contributed by atoms with Crippen molar-refractivity contribution in [2.45, 2.75) is 25.3 Å². The van der Waals surface area contributed by atoms with E-state index in [2.05, 4.69) is 33.6 Å². The molecular weight excluding hydrogens is 305 g/mol. The fraction of sp³-hybridized carbons (Fsp3) is 0.250. The average Bonchev–Trinajstić information content (AvgIpc) is 2.86. The number of benzene rings is 1. The van der Waals surface area contributed by atoms with Gasteiger partial charge in [-0.3, -0.25) is 0 Å². The third-order valence-corrected chi connectivity index (χ3v) is 3.95. The first-order valence-corrected chi connectivity index (χ1v) is 7.61. The summed E-state index contributed by atoms with van der Waals surface area (Å²) in [5, 5.41) is 0.373. The molecule has 21 heavy (non-hydrogen) atoms. The Balaban J connectivity index is 2.22. The highest BCUT2D eigenvalue weighted by atomic mass is 35.5. The summed E-state index contributed by atoms with van der Waals surface area (Å²) in [5.41, 5.74) is 2.76. The second-order valence-corrected chi connectivity index (χ2v) is 6.13. The molecule has 2 aromatic heterocycles. The predicted octanol–water partition coefficient (Wildman–Crippen LogP) is 4.99. The van der Waals surface area contributed by atoms with Crippen molar-refractivity contribution in [2.75, 3.05) is 0 Å². The lowest BCUT2D eigenvalue weighted by molar-refractivity contribution is 0.614. The monoisotopic (exact) mass is 319 g/mol. The predicted molar refractivity (Wildman–Crippen MR) is 87.1 cm³/mol. The lowest BCUT2D eigenvalue weighted by atomic mass is 10.1. The van der Waals surface area contributed by atoms with E-state index in [1.165, 1.54) is 5.56 Å². The van der Waals surface area contributed by atoms with Crippen LogP contribution >= 0.6 is 23.2 Å². The van der Waals surface area contributed by atoms with Crippen LogP contribution in [0.15, 0.2) is 42.6 Å². The van der Waals surface area contributed by atoms with Crippen molar-refractivity contribution in [1.82, 2.24) is 14.5 Å². The van der Waals surface area contributed by atoms with E-state index < -0.39 is 0 Å². The summed E-state index contributed by atoms with van der Waals surface area (Å²) >= 11 is 12.3. The molecule has 0 saturated carbocycles. The molecule has 1 aromatic carbocycles. The SMILES string of the molecule is CC(Cl)c1nc2cc(Cl)cnc2n1C(C)c1ccccc1. The van der Waals surface area contributed by atoms with Crippen molar-refractivity contribution in [3.05, 3.63) is 59.0 Å². The van der Waals surface area contributed by atoms with Crippen molar-refractivity contribution in [3.63, 3.8) is 0 Å². The third-order valence-electron chi connectivity index (χ3n) is 3.55. The van der Waals surface area contributed by atoms with Gasteiger partial charge in [-0.2, -0.15) is 0 Å². The van der Waals surface area contributed by atoms with Gasteiger partial charge in [-0.15, -0.1) is 11.6 Å². The zero-order chi connectivity index (χ0) is 15.0. The van der Waals surface area contributed by atoms with E-state index in [0.717, 1.165) is 17.0 Å². The van der Waals surface area contributed by atoms with Gasteiger partial charge in [-0.25, -0.2) is 9.97 Å². The van der Waals surface area contributed by atoms with Crippen molar-refractivity contribution in [2.24, 2.45) is 0 Å². The molecule has 5 heteroatoms. The summed E-state index contributed by atoms with van der Waals surface area (Å²) in [6.45, 7) is 4.04. The van der Waals surface area contributed by atoms with E-state index in [1.807, 2.05) is 31.2 Å².